The average molecular weight is 410 g/mol. The van der Waals surface area contributed by atoms with E-state index in [0.717, 1.165) is 11.1 Å². The van der Waals surface area contributed by atoms with Gasteiger partial charge in [-0.3, -0.25) is 4.79 Å². The lowest BCUT2D eigenvalue weighted by atomic mass is 9.92. The molecule has 8 heteroatoms. The molecule has 0 bridgehead atoms. The van der Waals surface area contributed by atoms with Crippen LogP contribution in [0.3, 0.4) is 0 Å². The van der Waals surface area contributed by atoms with E-state index >= 15 is 0 Å². The van der Waals surface area contributed by atoms with Gasteiger partial charge in [-0.05, 0) is 69.4 Å². The Kier molecular flexibility index (Phi) is 5.32. The fourth-order valence-corrected chi connectivity index (χ4v) is 3.51. The van der Waals surface area contributed by atoms with Gasteiger partial charge in [0.1, 0.15) is 11.6 Å². The highest BCUT2D eigenvalue weighted by atomic mass is 35.5. The number of ether oxygens (including phenoxy) is 1. The van der Waals surface area contributed by atoms with Crippen LogP contribution >= 0.6 is 23.2 Å². The molecule has 0 N–H and O–H groups in total. The zero-order chi connectivity index (χ0) is 19.9. The minimum absolute atomic E-state index is 0.105. The standard InChI is InChI=1S/C19H21Cl2N3O3/c1-10(17(26)27-19(2,3)4)24-9-12-6-5-11(7-13(12)16(24)25)15-14(20)8-22-18(21)23-15/h7-8,10H,5-6,9H2,1-4H3/t10-/m1/s1. The zero-order valence-electron chi connectivity index (χ0n) is 15.7. The molecule has 27 heavy (non-hydrogen) atoms. The van der Waals surface area contributed by atoms with Gasteiger partial charge in [0.25, 0.3) is 5.91 Å². The Hall–Kier alpha value is -1.92. The molecule has 0 fully saturated rings. The quantitative estimate of drug-likeness (QED) is 0.560. The predicted molar refractivity (Wildman–Crippen MR) is 103 cm³/mol. The van der Waals surface area contributed by atoms with Crippen LogP contribution in [-0.4, -0.2) is 44.9 Å². The third-order valence-corrected chi connectivity index (χ3v) is 4.94. The maximum atomic E-state index is 12.9. The fraction of sp³-hybridized carbons (Fsp3) is 0.474. The van der Waals surface area contributed by atoms with E-state index in [4.69, 9.17) is 27.9 Å². The molecular weight excluding hydrogens is 389 g/mol. The molecule has 0 aromatic carbocycles. The number of halogens is 2. The largest absolute Gasteiger partial charge is 0.458 e. The lowest BCUT2D eigenvalue weighted by molar-refractivity contribution is -0.162. The van der Waals surface area contributed by atoms with E-state index < -0.39 is 17.6 Å². The van der Waals surface area contributed by atoms with E-state index in [-0.39, 0.29) is 11.2 Å². The zero-order valence-corrected chi connectivity index (χ0v) is 17.2. The molecule has 1 aliphatic heterocycles. The summed E-state index contributed by atoms with van der Waals surface area (Å²) in [7, 11) is 0. The minimum atomic E-state index is -0.656. The maximum absolute atomic E-state index is 12.9. The number of nitrogens with zero attached hydrogens (tertiary/aromatic N) is 3. The van der Waals surface area contributed by atoms with Gasteiger partial charge < -0.3 is 9.64 Å². The number of carbonyl (C=O) groups excluding carboxylic acids is 2. The predicted octanol–water partition coefficient (Wildman–Crippen LogP) is 3.83. The van der Waals surface area contributed by atoms with Crippen molar-refractivity contribution in [2.24, 2.45) is 0 Å². The van der Waals surface area contributed by atoms with Gasteiger partial charge in [-0.2, -0.15) is 0 Å². The third kappa shape index (κ3) is 4.17. The SMILES string of the molecule is C[C@H](C(=O)OC(C)(C)C)N1CC2=C(C=C(c3nc(Cl)ncc3Cl)CC2)C1=O. The monoisotopic (exact) mass is 409 g/mol. The lowest BCUT2D eigenvalue weighted by Crippen LogP contribution is -2.44. The molecule has 1 amide bonds. The van der Waals surface area contributed by atoms with Gasteiger partial charge in [0, 0.05) is 12.1 Å². The van der Waals surface area contributed by atoms with Gasteiger partial charge in [-0.15, -0.1) is 0 Å². The van der Waals surface area contributed by atoms with E-state index in [1.807, 2.05) is 0 Å². The Labute approximate surface area is 168 Å². The van der Waals surface area contributed by atoms with Crippen LogP contribution in [0.25, 0.3) is 5.57 Å². The minimum Gasteiger partial charge on any atom is -0.458 e. The van der Waals surface area contributed by atoms with Crippen LogP contribution in [0.4, 0.5) is 0 Å². The summed E-state index contributed by atoms with van der Waals surface area (Å²) < 4.78 is 5.42. The van der Waals surface area contributed by atoms with Crippen LogP contribution in [0.2, 0.25) is 10.3 Å². The van der Waals surface area contributed by atoms with Crippen LogP contribution in [0.5, 0.6) is 0 Å². The van der Waals surface area contributed by atoms with E-state index in [9.17, 15) is 9.59 Å². The normalized spacial score (nSPS) is 18.4. The third-order valence-electron chi connectivity index (χ3n) is 4.48. The topological polar surface area (TPSA) is 72.4 Å². The van der Waals surface area contributed by atoms with Crippen molar-refractivity contribution < 1.29 is 14.3 Å². The molecule has 0 saturated carbocycles. The summed E-state index contributed by atoms with van der Waals surface area (Å²) in [5.74, 6) is -0.595. The summed E-state index contributed by atoms with van der Waals surface area (Å²) in [6.07, 6.45) is 4.63. The van der Waals surface area contributed by atoms with Gasteiger partial charge in [-0.1, -0.05) is 11.6 Å². The van der Waals surface area contributed by atoms with Crippen molar-refractivity contribution in [1.29, 1.82) is 0 Å². The summed E-state index contributed by atoms with van der Waals surface area (Å²) in [6.45, 7) is 7.53. The van der Waals surface area contributed by atoms with Crippen LogP contribution < -0.4 is 0 Å². The van der Waals surface area contributed by atoms with E-state index in [1.165, 1.54) is 6.20 Å². The van der Waals surface area contributed by atoms with Gasteiger partial charge in [0.15, 0.2) is 0 Å². The van der Waals surface area contributed by atoms with Gasteiger partial charge in [0.05, 0.1) is 16.9 Å². The molecular formula is C19H21Cl2N3O3. The number of allylic oxidation sites excluding steroid dienone is 1. The summed E-state index contributed by atoms with van der Waals surface area (Å²) in [4.78, 5) is 34.9. The maximum Gasteiger partial charge on any atom is 0.329 e. The number of aromatic nitrogens is 2. The molecule has 6 nitrogen and oxygen atoms in total. The number of amides is 1. The highest BCUT2D eigenvalue weighted by Crippen LogP contribution is 2.37. The van der Waals surface area contributed by atoms with E-state index in [1.54, 1.807) is 38.7 Å². The van der Waals surface area contributed by atoms with Gasteiger partial charge in [0.2, 0.25) is 5.28 Å². The molecule has 1 aromatic heterocycles. The average Bonchev–Trinajstić information content (AvgIpc) is 2.91. The Morgan fingerprint density at radius 1 is 1.30 bits per heavy atom. The smallest absolute Gasteiger partial charge is 0.329 e. The molecule has 144 valence electrons. The molecule has 3 rings (SSSR count). The van der Waals surface area contributed by atoms with Crippen molar-refractivity contribution in [3.8, 4) is 0 Å². The molecule has 0 saturated heterocycles. The number of rotatable bonds is 3. The Morgan fingerprint density at radius 3 is 2.67 bits per heavy atom. The second-order valence-electron chi connectivity index (χ2n) is 7.66. The van der Waals surface area contributed by atoms with Crippen LogP contribution in [0.1, 0.15) is 46.2 Å². The first-order chi connectivity index (χ1) is 12.6. The molecule has 0 unspecified atom stereocenters. The van der Waals surface area contributed by atoms with Gasteiger partial charge in [-0.25, -0.2) is 14.8 Å². The number of carbonyl (C=O) groups is 2. The van der Waals surface area contributed by atoms with Crippen molar-refractivity contribution in [1.82, 2.24) is 14.9 Å². The summed E-state index contributed by atoms with van der Waals surface area (Å²) >= 11 is 12.1. The van der Waals surface area contributed by atoms with E-state index in [2.05, 4.69) is 9.97 Å². The van der Waals surface area contributed by atoms with Crippen LogP contribution in [-0.2, 0) is 14.3 Å². The molecule has 2 heterocycles. The molecule has 1 atom stereocenters. The second kappa shape index (κ2) is 7.24. The highest BCUT2D eigenvalue weighted by Gasteiger charge is 2.38. The summed E-state index contributed by atoms with van der Waals surface area (Å²) in [6, 6.07) is -0.656. The Balaban J connectivity index is 1.82. The first-order valence-corrected chi connectivity index (χ1v) is 9.47. The molecule has 2 aliphatic rings. The molecule has 0 spiro atoms. The summed E-state index contributed by atoms with van der Waals surface area (Å²) in [5.41, 5.74) is 2.38. The van der Waals surface area contributed by atoms with Crippen molar-refractivity contribution >= 4 is 40.7 Å². The number of hydrogen-bond acceptors (Lipinski definition) is 5. The molecule has 0 radical (unpaired) electrons. The van der Waals surface area contributed by atoms with Crippen LogP contribution in [0.15, 0.2) is 23.4 Å². The van der Waals surface area contributed by atoms with Crippen molar-refractivity contribution in [2.45, 2.75) is 52.2 Å². The van der Waals surface area contributed by atoms with Crippen molar-refractivity contribution in [3.63, 3.8) is 0 Å². The van der Waals surface area contributed by atoms with Crippen molar-refractivity contribution in [2.75, 3.05) is 6.54 Å². The highest BCUT2D eigenvalue weighted by molar-refractivity contribution is 6.33. The first kappa shape index (κ1) is 19.8. The first-order valence-electron chi connectivity index (χ1n) is 8.71. The summed E-state index contributed by atoms with van der Waals surface area (Å²) in [5, 5.41) is 0.493. The van der Waals surface area contributed by atoms with Crippen LogP contribution in [0, 0.1) is 0 Å². The Bertz CT molecular complexity index is 871. The lowest BCUT2D eigenvalue weighted by Gasteiger charge is -2.27. The van der Waals surface area contributed by atoms with Crippen molar-refractivity contribution in [3.05, 3.63) is 39.4 Å². The number of esters is 1. The number of hydrogen-bond donors (Lipinski definition) is 0. The fourth-order valence-electron chi connectivity index (χ4n) is 3.16. The molecule has 1 aliphatic carbocycles. The Morgan fingerprint density at radius 2 is 2.00 bits per heavy atom. The molecule has 1 aromatic rings. The van der Waals surface area contributed by atoms with E-state index in [0.29, 0.717) is 35.7 Å². The second-order valence-corrected chi connectivity index (χ2v) is 8.41. The van der Waals surface area contributed by atoms with Gasteiger partial charge >= 0.3 is 5.97 Å².